The fourth-order valence-corrected chi connectivity index (χ4v) is 4.67. The van der Waals surface area contributed by atoms with Crippen molar-refractivity contribution < 1.29 is 0 Å². The van der Waals surface area contributed by atoms with E-state index in [2.05, 4.69) is 38.8 Å². The van der Waals surface area contributed by atoms with Crippen LogP contribution < -0.4 is 0 Å². The van der Waals surface area contributed by atoms with E-state index >= 15 is 0 Å². The summed E-state index contributed by atoms with van der Waals surface area (Å²) in [5.41, 5.74) is 0. The van der Waals surface area contributed by atoms with E-state index in [-0.39, 0.29) is 19.2 Å². The maximum Gasteiger partial charge on any atom is 0.0974 e. The average Bonchev–Trinajstić information content (AvgIpc) is 2.00. The average molecular weight is 189 g/mol. The third-order valence-electron chi connectivity index (χ3n) is 2.50. The van der Waals surface area contributed by atoms with Gasteiger partial charge < -0.3 is 4.57 Å². The smallest absolute Gasteiger partial charge is 0.0974 e. The van der Waals surface area contributed by atoms with Gasteiger partial charge in [-0.15, -0.1) is 0 Å². The van der Waals surface area contributed by atoms with Gasteiger partial charge in [-0.25, -0.2) is 0 Å². The molecule has 0 radical (unpaired) electrons. The Bertz CT molecular complexity index is 100. The van der Waals surface area contributed by atoms with Crippen LogP contribution in [0.1, 0.15) is 27.7 Å². The van der Waals surface area contributed by atoms with Gasteiger partial charge in [0.15, 0.2) is 0 Å². The first-order valence-electron chi connectivity index (χ1n) is 4.78. The van der Waals surface area contributed by atoms with E-state index in [0.717, 1.165) is 4.66 Å². The molecule has 0 aromatic heterocycles. The Morgan fingerprint density at radius 2 is 1.64 bits per heavy atom. The second-order valence-electron chi connectivity index (χ2n) is 3.98. The van der Waals surface area contributed by atoms with Gasteiger partial charge in [-0.3, -0.25) is 0 Å². The molecule has 0 aromatic rings. The van der Waals surface area contributed by atoms with Crippen LogP contribution in [0.2, 0.25) is 11.2 Å². The molecule has 0 rings (SSSR count). The van der Waals surface area contributed by atoms with Crippen LogP contribution in [0.25, 0.3) is 0 Å². The molecule has 3 heteroatoms. The highest BCUT2D eigenvalue weighted by Gasteiger charge is 2.18. The van der Waals surface area contributed by atoms with Crippen molar-refractivity contribution in [3.05, 3.63) is 0 Å². The van der Waals surface area contributed by atoms with Gasteiger partial charge in [0, 0.05) is 9.52 Å². The minimum absolute atomic E-state index is 0.0482. The van der Waals surface area contributed by atoms with E-state index in [9.17, 15) is 0 Å². The molecule has 0 aliphatic heterocycles. The lowest BCUT2D eigenvalue weighted by atomic mass is 10.5. The van der Waals surface area contributed by atoms with Crippen molar-refractivity contribution in [1.29, 1.82) is 0 Å². The Morgan fingerprint density at radius 3 is 1.91 bits per heavy atom. The number of hydrogen-bond acceptors (Lipinski definition) is 1. The van der Waals surface area contributed by atoms with Crippen LogP contribution in [0.5, 0.6) is 0 Å². The van der Waals surface area contributed by atoms with Crippen LogP contribution in [0, 0.1) is 0 Å². The molecule has 1 nitrogen and oxygen atoms in total. The molecule has 0 amide bonds. The van der Waals surface area contributed by atoms with Gasteiger partial charge in [0.05, 0.1) is 9.68 Å². The lowest BCUT2D eigenvalue weighted by Gasteiger charge is -2.29. The lowest BCUT2D eigenvalue weighted by molar-refractivity contribution is 0.482. The van der Waals surface area contributed by atoms with Gasteiger partial charge >= 0.3 is 0 Å². The molecule has 0 spiro atoms. The summed E-state index contributed by atoms with van der Waals surface area (Å²) in [7, 11) is 0.249. The van der Waals surface area contributed by atoms with Gasteiger partial charge in [-0.1, -0.05) is 34.2 Å². The summed E-state index contributed by atoms with van der Waals surface area (Å²) >= 11 is 0. The second-order valence-corrected chi connectivity index (χ2v) is 10.7. The zero-order valence-electron chi connectivity index (χ0n) is 8.78. The van der Waals surface area contributed by atoms with E-state index in [4.69, 9.17) is 0 Å². The molecule has 11 heavy (non-hydrogen) atoms. The zero-order valence-corrected chi connectivity index (χ0v) is 11.6. The molecular formula is C8H23NSi2. The molecule has 0 fully saturated rings. The molecule has 0 N–H and O–H groups in total. The highest BCUT2D eigenvalue weighted by Crippen LogP contribution is 2.20. The Kier molecular flexibility index (Phi) is 5.30. The summed E-state index contributed by atoms with van der Waals surface area (Å²) in [5.74, 6) is 0. The monoisotopic (exact) mass is 189 g/mol. The highest BCUT2D eigenvalue weighted by atomic mass is 28.3. The van der Waals surface area contributed by atoms with Gasteiger partial charge in [0.2, 0.25) is 0 Å². The Morgan fingerprint density at radius 1 is 1.18 bits per heavy atom. The largest absolute Gasteiger partial charge is 0.329 e. The summed E-state index contributed by atoms with van der Waals surface area (Å²) in [5, 5.41) is 0. The van der Waals surface area contributed by atoms with Gasteiger partial charge in [0.25, 0.3) is 0 Å². The Hall–Kier alpha value is 0.394. The Balaban J connectivity index is 3.79. The third kappa shape index (κ3) is 4.77. The normalized spacial score (nSPS) is 14.7. The van der Waals surface area contributed by atoms with Crippen molar-refractivity contribution in [3.63, 3.8) is 0 Å². The molecule has 0 aromatic carbocycles. The molecule has 0 aliphatic rings. The predicted octanol–water partition coefficient (Wildman–Crippen LogP) is 0.785. The minimum Gasteiger partial charge on any atom is -0.329 e. The first-order chi connectivity index (χ1) is 5.05. The number of nitrogens with zero attached hydrogens (tertiary/aromatic N) is 1. The Labute approximate surface area is 76.3 Å². The van der Waals surface area contributed by atoms with Crippen LogP contribution >= 0.6 is 0 Å². The SMILES string of the molecule is CCN(CC)[SiH2]C(C)(C)[SiH2]C. The molecule has 0 bridgehead atoms. The van der Waals surface area contributed by atoms with Crippen molar-refractivity contribution in [2.45, 2.75) is 38.9 Å². The van der Waals surface area contributed by atoms with Crippen molar-refractivity contribution in [2.75, 3.05) is 13.1 Å². The molecule has 0 unspecified atom stereocenters. The third-order valence-corrected chi connectivity index (χ3v) is 8.79. The molecular weight excluding hydrogens is 166 g/mol. The van der Waals surface area contributed by atoms with E-state index < -0.39 is 0 Å². The quantitative estimate of drug-likeness (QED) is 0.578. The summed E-state index contributed by atoms with van der Waals surface area (Å²) < 4.78 is 3.43. The fraction of sp³-hybridized carbons (Fsp3) is 1.00. The molecule has 0 heterocycles. The molecule has 0 atom stereocenters. The molecule has 0 aliphatic carbocycles. The predicted molar refractivity (Wildman–Crippen MR) is 59.9 cm³/mol. The van der Waals surface area contributed by atoms with Crippen molar-refractivity contribution in [3.8, 4) is 0 Å². The highest BCUT2D eigenvalue weighted by molar-refractivity contribution is 6.59. The van der Waals surface area contributed by atoms with E-state index in [1.165, 1.54) is 13.1 Å². The van der Waals surface area contributed by atoms with Crippen LogP contribution in [0.15, 0.2) is 0 Å². The molecule has 0 saturated heterocycles. The van der Waals surface area contributed by atoms with Crippen LogP contribution in [0.4, 0.5) is 0 Å². The second kappa shape index (κ2) is 5.11. The van der Waals surface area contributed by atoms with Crippen molar-refractivity contribution in [1.82, 2.24) is 4.57 Å². The van der Waals surface area contributed by atoms with Crippen molar-refractivity contribution in [2.24, 2.45) is 0 Å². The van der Waals surface area contributed by atoms with Gasteiger partial charge in [-0.05, 0) is 17.8 Å². The van der Waals surface area contributed by atoms with Crippen molar-refractivity contribution >= 4 is 19.2 Å². The fourth-order valence-electron chi connectivity index (χ4n) is 1.16. The van der Waals surface area contributed by atoms with Crippen LogP contribution in [-0.4, -0.2) is 36.9 Å². The first-order valence-corrected chi connectivity index (χ1v) is 8.24. The maximum absolute atomic E-state index is 2.66. The van der Waals surface area contributed by atoms with Gasteiger partial charge in [0.1, 0.15) is 0 Å². The minimum atomic E-state index is 0.0482. The van der Waals surface area contributed by atoms with E-state index in [1.54, 1.807) is 0 Å². The number of rotatable bonds is 5. The molecule has 0 saturated carbocycles. The lowest BCUT2D eigenvalue weighted by Crippen LogP contribution is -2.36. The summed E-state index contributed by atoms with van der Waals surface area (Å²) in [6, 6.07) is 0. The summed E-state index contributed by atoms with van der Waals surface area (Å²) in [6.07, 6.45) is 0. The van der Waals surface area contributed by atoms with E-state index in [0.29, 0.717) is 0 Å². The van der Waals surface area contributed by atoms with Gasteiger partial charge in [-0.2, -0.15) is 0 Å². The molecule has 68 valence electrons. The first kappa shape index (κ1) is 11.4. The summed E-state index contributed by atoms with van der Waals surface area (Å²) in [4.78, 5) is 0. The van der Waals surface area contributed by atoms with Crippen LogP contribution in [-0.2, 0) is 0 Å². The maximum atomic E-state index is 2.66. The van der Waals surface area contributed by atoms with E-state index in [1.807, 2.05) is 0 Å². The van der Waals surface area contributed by atoms with Crippen LogP contribution in [0.3, 0.4) is 0 Å². The standard InChI is InChI=1S/C8H23NSi2/c1-6-9(7-2)11-8(3,4)10-5/h6-7,10-11H2,1-5H3. The zero-order chi connectivity index (χ0) is 8.91. The topological polar surface area (TPSA) is 3.24 Å². The summed E-state index contributed by atoms with van der Waals surface area (Å²) in [6.45, 7) is 14.5. The number of hydrogen-bond donors (Lipinski definition) is 0.